The van der Waals surface area contributed by atoms with Crippen LogP contribution < -0.4 is 0 Å². The molecule has 0 aliphatic heterocycles. The fourth-order valence-electron chi connectivity index (χ4n) is 0.959. The first-order valence-corrected chi connectivity index (χ1v) is 2.80. The van der Waals surface area contributed by atoms with Gasteiger partial charge < -0.3 is 4.79 Å². The molecule has 1 atom stereocenters. The van der Waals surface area contributed by atoms with Crippen molar-refractivity contribution < 1.29 is 9.59 Å². The minimum Gasteiger partial charge on any atom is -0.303 e. The Labute approximate surface area is 47.9 Å². The smallest absolute Gasteiger partial charge is 0.133 e. The molecule has 1 aliphatic carbocycles. The fourth-order valence-corrected chi connectivity index (χ4v) is 0.959. The highest BCUT2D eigenvalue weighted by Crippen LogP contribution is 2.18. The topological polar surface area (TPSA) is 34.1 Å². The van der Waals surface area contributed by atoms with Gasteiger partial charge in [-0.2, -0.15) is 0 Å². The first-order valence-electron chi connectivity index (χ1n) is 2.80. The van der Waals surface area contributed by atoms with Gasteiger partial charge in [-0.1, -0.05) is 0 Å². The Morgan fingerprint density at radius 2 is 2.38 bits per heavy atom. The summed E-state index contributed by atoms with van der Waals surface area (Å²) in [5, 5.41) is 0. The SMILES string of the molecule is O=C[C@@H]1CCC(=O)C1. The molecule has 1 fully saturated rings. The zero-order chi connectivity index (χ0) is 5.98. The summed E-state index contributed by atoms with van der Waals surface area (Å²) in [6.45, 7) is 0. The standard InChI is InChI=1S/C6H8O2/c7-4-5-1-2-6(8)3-5/h4-5H,1-3H2/t5-/m1/s1. The lowest BCUT2D eigenvalue weighted by molar-refractivity contribution is -0.119. The largest absolute Gasteiger partial charge is 0.303 e. The molecule has 0 heterocycles. The molecule has 0 spiro atoms. The summed E-state index contributed by atoms with van der Waals surface area (Å²) in [5.74, 6) is 0.282. The molecular formula is C6H8O2. The number of hydrogen-bond donors (Lipinski definition) is 0. The molecule has 0 aromatic carbocycles. The number of hydrogen-bond acceptors (Lipinski definition) is 2. The Morgan fingerprint density at radius 3 is 2.62 bits per heavy atom. The van der Waals surface area contributed by atoms with E-state index in [1.165, 1.54) is 0 Å². The van der Waals surface area contributed by atoms with Gasteiger partial charge in [-0.25, -0.2) is 0 Å². The summed E-state index contributed by atoms with van der Waals surface area (Å²) in [7, 11) is 0. The Balaban J connectivity index is 2.43. The van der Waals surface area contributed by atoms with E-state index in [9.17, 15) is 9.59 Å². The molecule has 0 aromatic heterocycles. The zero-order valence-electron chi connectivity index (χ0n) is 4.59. The number of Topliss-reactive ketones (excluding diaryl/α,β-unsaturated/α-hetero) is 1. The number of ketones is 1. The molecular weight excluding hydrogens is 104 g/mol. The van der Waals surface area contributed by atoms with Crippen LogP contribution in [0.4, 0.5) is 0 Å². The van der Waals surface area contributed by atoms with Crippen LogP contribution in [-0.4, -0.2) is 12.1 Å². The van der Waals surface area contributed by atoms with Crippen LogP contribution in [-0.2, 0) is 9.59 Å². The predicted molar refractivity (Wildman–Crippen MR) is 28.4 cm³/mol. The second-order valence-electron chi connectivity index (χ2n) is 2.18. The second kappa shape index (κ2) is 2.07. The van der Waals surface area contributed by atoms with Crippen LogP contribution >= 0.6 is 0 Å². The Bertz CT molecular complexity index is 118. The zero-order valence-corrected chi connectivity index (χ0v) is 4.59. The Hall–Kier alpha value is -0.660. The van der Waals surface area contributed by atoms with Crippen LogP contribution in [0, 0.1) is 5.92 Å². The molecule has 0 saturated heterocycles. The van der Waals surface area contributed by atoms with Gasteiger partial charge in [0.2, 0.25) is 0 Å². The molecule has 1 saturated carbocycles. The monoisotopic (exact) mass is 112 g/mol. The quantitative estimate of drug-likeness (QED) is 0.464. The summed E-state index contributed by atoms with van der Waals surface area (Å²) in [6, 6.07) is 0. The number of carbonyl (C=O) groups is 2. The van der Waals surface area contributed by atoms with Crippen molar-refractivity contribution in [3.63, 3.8) is 0 Å². The maximum absolute atomic E-state index is 10.5. The van der Waals surface area contributed by atoms with Crippen molar-refractivity contribution in [2.45, 2.75) is 19.3 Å². The molecule has 0 aromatic rings. The number of carbonyl (C=O) groups excluding carboxylic acids is 2. The van der Waals surface area contributed by atoms with Crippen LogP contribution in [0.25, 0.3) is 0 Å². The van der Waals surface area contributed by atoms with Crippen molar-refractivity contribution in [3.8, 4) is 0 Å². The van der Waals surface area contributed by atoms with Gasteiger partial charge in [-0.05, 0) is 6.42 Å². The van der Waals surface area contributed by atoms with E-state index >= 15 is 0 Å². The molecule has 44 valence electrons. The van der Waals surface area contributed by atoms with E-state index in [0.717, 1.165) is 12.7 Å². The van der Waals surface area contributed by atoms with Gasteiger partial charge in [0.1, 0.15) is 12.1 Å². The molecule has 0 bridgehead atoms. The van der Waals surface area contributed by atoms with Crippen LogP contribution in [0.2, 0.25) is 0 Å². The summed E-state index contributed by atoms with van der Waals surface area (Å²) in [5.41, 5.74) is 0. The van der Waals surface area contributed by atoms with Crippen molar-refractivity contribution in [2.75, 3.05) is 0 Å². The van der Waals surface area contributed by atoms with Gasteiger partial charge in [0, 0.05) is 18.8 Å². The first kappa shape index (κ1) is 5.48. The molecule has 1 rings (SSSR count). The highest BCUT2D eigenvalue weighted by molar-refractivity contribution is 5.84. The Kier molecular flexibility index (Phi) is 1.42. The molecule has 0 radical (unpaired) electrons. The minimum absolute atomic E-state index is 0.0440. The molecule has 0 amide bonds. The van der Waals surface area contributed by atoms with Crippen LogP contribution in [0.1, 0.15) is 19.3 Å². The second-order valence-corrected chi connectivity index (χ2v) is 2.18. The normalized spacial score (nSPS) is 28.5. The molecule has 2 nitrogen and oxygen atoms in total. The van der Waals surface area contributed by atoms with Crippen molar-refractivity contribution in [3.05, 3.63) is 0 Å². The van der Waals surface area contributed by atoms with E-state index in [1.54, 1.807) is 0 Å². The van der Waals surface area contributed by atoms with Gasteiger partial charge in [0.15, 0.2) is 0 Å². The number of rotatable bonds is 1. The summed E-state index contributed by atoms with van der Waals surface area (Å²) in [4.78, 5) is 20.5. The van der Waals surface area contributed by atoms with Gasteiger partial charge in [-0.3, -0.25) is 4.79 Å². The molecule has 8 heavy (non-hydrogen) atoms. The van der Waals surface area contributed by atoms with Crippen LogP contribution in [0.3, 0.4) is 0 Å². The van der Waals surface area contributed by atoms with Crippen LogP contribution in [0.5, 0.6) is 0 Å². The average Bonchev–Trinajstić information content (AvgIpc) is 2.14. The molecule has 1 aliphatic rings. The molecule has 0 unspecified atom stereocenters. The van der Waals surface area contributed by atoms with Crippen LogP contribution in [0.15, 0.2) is 0 Å². The van der Waals surface area contributed by atoms with Crippen molar-refractivity contribution in [1.82, 2.24) is 0 Å². The molecule has 0 N–H and O–H groups in total. The minimum atomic E-state index is 0.0440. The summed E-state index contributed by atoms with van der Waals surface area (Å²) in [6.07, 6.45) is 2.76. The number of aldehydes is 1. The van der Waals surface area contributed by atoms with E-state index < -0.39 is 0 Å². The lowest BCUT2D eigenvalue weighted by Crippen LogP contribution is -1.94. The van der Waals surface area contributed by atoms with Gasteiger partial charge in [0.25, 0.3) is 0 Å². The Morgan fingerprint density at radius 1 is 1.62 bits per heavy atom. The van der Waals surface area contributed by atoms with E-state index in [-0.39, 0.29) is 11.7 Å². The average molecular weight is 112 g/mol. The lowest BCUT2D eigenvalue weighted by atomic mass is 10.1. The summed E-state index contributed by atoms with van der Waals surface area (Å²) < 4.78 is 0. The highest BCUT2D eigenvalue weighted by Gasteiger charge is 2.20. The summed E-state index contributed by atoms with van der Waals surface area (Å²) >= 11 is 0. The van der Waals surface area contributed by atoms with Gasteiger partial charge in [-0.15, -0.1) is 0 Å². The lowest BCUT2D eigenvalue weighted by Gasteiger charge is -1.89. The predicted octanol–water partition coefficient (Wildman–Crippen LogP) is 0.554. The third kappa shape index (κ3) is 0.941. The maximum Gasteiger partial charge on any atom is 0.133 e. The molecule has 2 heteroatoms. The van der Waals surface area contributed by atoms with E-state index in [1.807, 2.05) is 0 Å². The van der Waals surface area contributed by atoms with Crippen molar-refractivity contribution >= 4 is 12.1 Å². The first-order chi connectivity index (χ1) is 3.83. The van der Waals surface area contributed by atoms with Gasteiger partial charge >= 0.3 is 0 Å². The van der Waals surface area contributed by atoms with Crippen molar-refractivity contribution in [2.24, 2.45) is 5.92 Å². The van der Waals surface area contributed by atoms with E-state index in [0.29, 0.717) is 12.8 Å². The third-order valence-electron chi connectivity index (χ3n) is 1.48. The van der Waals surface area contributed by atoms with E-state index in [4.69, 9.17) is 0 Å². The highest BCUT2D eigenvalue weighted by atomic mass is 16.1. The fraction of sp³-hybridized carbons (Fsp3) is 0.667. The van der Waals surface area contributed by atoms with Crippen molar-refractivity contribution in [1.29, 1.82) is 0 Å². The maximum atomic E-state index is 10.5. The van der Waals surface area contributed by atoms with Gasteiger partial charge in [0.05, 0.1) is 0 Å². The third-order valence-corrected chi connectivity index (χ3v) is 1.48. The van der Waals surface area contributed by atoms with E-state index in [2.05, 4.69) is 0 Å².